The molecule has 5 nitrogen and oxygen atoms in total. The first-order chi connectivity index (χ1) is 23.1. The third-order valence-electron chi connectivity index (χ3n) is 10.2. The van der Waals surface area contributed by atoms with E-state index in [4.69, 9.17) is 0 Å². The lowest BCUT2D eigenvalue weighted by molar-refractivity contribution is -0.131. The van der Waals surface area contributed by atoms with Gasteiger partial charge in [-0.3, -0.25) is 4.79 Å². The topological polar surface area (TPSA) is 89.8 Å². The molecule has 3 unspecified atom stereocenters. The van der Waals surface area contributed by atoms with E-state index in [1.807, 2.05) is 0 Å². The van der Waals surface area contributed by atoms with Gasteiger partial charge >= 0.3 is 0 Å². The largest absolute Gasteiger partial charge is 0.394 e. The van der Waals surface area contributed by atoms with Gasteiger partial charge in [0, 0.05) is 0 Å². The number of carbonyl (C=O) groups is 1. The van der Waals surface area contributed by atoms with Crippen LogP contribution in [0.3, 0.4) is 0 Å². The Balaban J connectivity index is 3.52. The average molecular weight is 668 g/mol. The summed E-state index contributed by atoms with van der Waals surface area (Å²) in [6.45, 7) is 4.23. The summed E-state index contributed by atoms with van der Waals surface area (Å²) >= 11 is 0. The SMILES string of the molecule is CCCCCCCCCCCCCCCCCCCCCCCCCC(O)C(=O)NC(CO)C(O)CCCCCCCCCCCC. The number of hydrogen-bond acceptors (Lipinski definition) is 4. The van der Waals surface area contributed by atoms with Crippen molar-refractivity contribution < 1.29 is 20.1 Å². The quantitative estimate of drug-likeness (QED) is 0.0491. The second-order valence-corrected chi connectivity index (χ2v) is 14.9. The number of aliphatic hydroxyl groups is 3. The fourth-order valence-corrected chi connectivity index (χ4v) is 6.84. The molecule has 0 saturated heterocycles. The molecule has 1 amide bonds. The van der Waals surface area contributed by atoms with Crippen LogP contribution in [0.15, 0.2) is 0 Å². The van der Waals surface area contributed by atoms with Crippen LogP contribution < -0.4 is 5.32 Å². The number of unbranched alkanes of at least 4 members (excludes halogenated alkanes) is 31. The molecule has 5 heteroatoms. The normalized spacial score (nSPS) is 13.6. The second kappa shape index (κ2) is 38.2. The minimum Gasteiger partial charge on any atom is -0.394 e. The van der Waals surface area contributed by atoms with Crippen LogP contribution in [0, 0.1) is 0 Å². The lowest BCUT2D eigenvalue weighted by Gasteiger charge is -2.23. The molecule has 0 spiro atoms. The number of rotatable bonds is 39. The number of amides is 1. The van der Waals surface area contributed by atoms with E-state index in [1.165, 1.54) is 180 Å². The molecule has 0 bridgehead atoms. The zero-order valence-electron chi connectivity index (χ0n) is 31.9. The lowest BCUT2D eigenvalue weighted by atomic mass is 10.0. The Morgan fingerprint density at radius 2 is 0.681 bits per heavy atom. The molecule has 0 fully saturated rings. The molecular formula is C42H85NO4. The van der Waals surface area contributed by atoms with E-state index in [0.29, 0.717) is 12.8 Å². The van der Waals surface area contributed by atoms with Gasteiger partial charge in [0.05, 0.1) is 18.8 Å². The molecular weight excluding hydrogens is 582 g/mol. The number of carbonyl (C=O) groups excluding carboxylic acids is 1. The fraction of sp³-hybridized carbons (Fsp3) is 0.976. The van der Waals surface area contributed by atoms with E-state index in [1.54, 1.807) is 0 Å². The van der Waals surface area contributed by atoms with E-state index in [-0.39, 0.29) is 6.61 Å². The molecule has 47 heavy (non-hydrogen) atoms. The van der Waals surface area contributed by atoms with Gasteiger partial charge in [0.15, 0.2) is 0 Å². The van der Waals surface area contributed by atoms with Gasteiger partial charge < -0.3 is 20.6 Å². The van der Waals surface area contributed by atoms with Crippen LogP contribution in [0.4, 0.5) is 0 Å². The summed E-state index contributed by atoms with van der Waals surface area (Å²) in [5.74, 6) is -0.468. The van der Waals surface area contributed by atoms with Crippen molar-refractivity contribution in [3.05, 3.63) is 0 Å². The smallest absolute Gasteiger partial charge is 0.249 e. The predicted molar refractivity (Wildman–Crippen MR) is 204 cm³/mol. The van der Waals surface area contributed by atoms with Crippen molar-refractivity contribution in [2.24, 2.45) is 0 Å². The van der Waals surface area contributed by atoms with Gasteiger partial charge in [-0.25, -0.2) is 0 Å². The summed E-state index contributed by atoms with van der Waals surface area (Å²) in [7, 11) is 0. The average Bonchev–Trinajstić information content (AvgIpc) is 3.07. The van der Waals surface area contributed by atoms with E-state index in [2.05, 4.69) is 19.2 Å². The highest BCUT2D eigenvalue weighted by molar-refractivity contribution is 5.80. The lowest BCUT2D eigenvalue weighted by Crippen LogP contribution is -2.49. The second-order valence-electron chi connectivity index (χ2n) is 14.9. The van der Waals surface area contributed by atoms with Crippen LogP contribution in [0.5, 0.6) is 0 Å². The van der Waals surface area contributed by atoms with Gasteiger partial charge in [-0.05, 0) is 12.8 Å². The highest BCUT2D eigenvalue weighted by Gasteiger charge is 2.23. The molecule has 0 aliphatic carbocycles. The molecule has 282 valence electrons. The summed E-state index contributed by atoms with van der Waals surface area (Å²) in [5.41, 5.74) is 0. The molecule has 0 aliphatic heterocycles. The van der Waals surface area contributed by atoms with Gasteiger partial charge in [0.1, 0.15) is 6.10 Å². The Kier molecular flexibility index (Phi) is 37.6. The van der Waals surface area contributed by atoms with Gasteiger partial charge in [0.2, 0.25) is 5.91 Å². The Morgan fingerprint density at radius 1 is 0.426 bits per heavy atom. The van der Waals surface area contributed by atoms with Gasteiger partial charge in [0.25, 0.3) is 0 Å². The fourth-order valence-electron chi connectivity index (χ4n) is 6.84. The Hall–Kier alpha value is -0.650. The van der Waals surface area contributed by atoms with Crippen molar-refractivity contribution in [3.63, 3.8) is 0 Å². The van der Waals surface area contributed by atoms with Gasteiger partial charge in [-0.2, -0.15) is 0 Å². The Bertz CT molecular complexity index is 615. The molecule has 0 radical (unpaired) electrons. The zero-order chi connectivity index (χ0) is 34.5. The minimum absolute atomic E-state index is 0.309. The van der Waals surface area contributed by atoms with E-state index < -0.39 is 24.2 Å². The Morgan fingerprint density at radius 3 is 0.957 bits per heavy atom. The molecule has 3 atom stereocenters. The van der Waals surface area contributed by atoms with Crippen LogP contribution in [-0.4, -0.2) is 46.1 Å². The minimum atomic E-state index is -1.07. The van der Waals surface area contributed by atoms with E-state index in [9.17, 15) is 20.1 Å². The molecule has 4 N–H and O–H groups in total. The van der Waals surface area contributed by atoms with E-state index in [0.717, 1.165) is 32.1 Å². The van der Waals surface area contributed by atoms with E-state index >= 15 is 0 Å². The highest BCUT2D eigenvalue weighted by atomic mass is 16.3. The zero-order valence-corrected chi connectivity index (χ0v) is 31.9. The predicted octanol–water partition coefficient (Wildman–Crippen LogP) is 11.9. The summed E-state index contributed by atoms with van der Waals surface area (Å²) < 4.78 is 0. The standard InChI is InChI=1S/C42H85NO4/c1-3-5-7-9-11-13-15-16-17-18-19-20-21-22-23-24-25-26-27-29-31-33-35-37-41(46)42(47)43-39(38-44)40(45)36-34-32-30-28-14-12-10-8-6-4-2/h39-41,44-46H,3-38H2,1-2H3,(H,43,47). The van der Waals surface area contributed by atoms with Gasteiger partial charge in [-0.15, -0.1) is 0 Å². The molecule has 0 aromatic rings. The summed E-state index contributed by atoms with van der Waals surface area (Å²) in [6.07, 6.45) is 42.5. The number of aliphatic hydroxyl groups excluding tert-OH is 3. The third kappa shape index (κ3) is 33.6. The van der Waals surface area contributed by atoms with Crippen LogP contribution in [0.2, 0.25) is 0 Å². The maximum absolute atomic E-state index is 12.4. The van der Waals surface area contributed by atoms with Crippen LogP contribution in [0.1, 0.15) is 239 Å². The molecule has 0 aromatic heterocycles. The van der Waals surface area contributed by atoms with Crippen molar-refractivity contribution in [3.8, 4) is 0 Å². The summed E-state index contributed by atoms with van der Waals surface area (Å²) in [6, 6.07) is -0.704. The first kappa shape index (κ1) is 46.4. The first-order valence-corrected chi connectivity index (χ1v) is 21.3. The van der Waals surface area contributed by atoms with Crippen LogP contribution in [0.25, 0.3) is 0 Å². The van der Waals surface area contributed by atoms with Crippen molar-refractivity contribution >= 4 is 5.91 Å². The molecule has 0 saturated carbocycles. The van der Waals surface area contributed by atoms with Crippen molar-refractivity contribution in [1.82, 2.24) is 5.32 Å². The molecule has 0 rings (SSSR count). The van der Waals surface area contributed by atoms with Crippen molar-refractivity contribution in [2.45, 2.75) is 257 Å². The first-order valence-electron chi connectivity index (χ1n) is 21.3. The summed E-state index contributed by atoms with van der Waals surface area (Å²) in [5, 5.41) is 33.2. The molecule has 0 heterocycles. The number of hydrogen-bond donors (Lipinski definition) is 4. The maximum atomic E-state index is 12.4. The van der Waals surface area contributed by atoms with Crippen LogP contribution >= 0.6 is 0 Å². The highest BCUT2D eigenvalue weighted by Crippen LogP contribution is 2.17. The van der Waals surface area contributed by atoms with Crippen molar-refractivity contribution in [2.75, 3.05) is 6.61 Å². The van der Waals surface area contributed by atoms with Crippen molar-refractivity contribution in [1.29, 1.82) is 0 Å². The molecule has 0 aliphatic rings. The third-order valence-corrected chi connectivity index (χ3v) is 10.2. The molecule has 0 aromatic carbocycles. The number of nitrogens with one attached hydrogen (secondary N) is 1. The Labute approximate surface area is 294 Å². The summed E-state index contributed by atoms with van der Waals surface area (Å²) in [4.78, 5) is 12.4. The monoisotopic (exact) mass is 668 g/mol. The van der Waals surface area contributed by atoms with Crippen LogP contribution in [-0.2, 0) is 4.79 Å². The van der Waals surface area contributed by atoms with Gasteiger partial charge in [-0.1, -0.05) is 226 Å². The maximum Gasteiger partial charge on any atom is 0.249 e.